The number of anilines is 1. The molecule has 2 N–H and O–H groups in total. The topological polar surface area (TPSA) is 50.4 Å². The van der Waals surface area contributed by atoms with Crippen LogP contribution in [0.5, 0.6) is 0 Å². The third-order valence-corrected chi connectivity index (χ3v) is 4.76. The van der Waals surface area contributed by atoms with E-state index in [9.17, 15) is 4.79 Å². The first-order valence-corrected chi connectivity index (χ1v) is 8.75. The molecule has 3 rings (SSSR count). The third-order valence-electron chi connectivity index (χ3n) is 4.76. The van der Waals surface area contributed by atoms with Gasteiger partial charge in [0.1, 0.15) is 0 Å². The largest absolute Gasteiger partial charge is 0.463 e. The lowest BCUT2D eigenvalue weighted by molar-refractivity contribution is -0.138. The van der Waals surface area contributed by atoms with Crippen LogP contribution in [-0.4, -0.2) is 25.7 Å². The highest BCUT2D eigenvalue weighted by Gasteiger charge is 2.23. The second-order valence-electron chi connectivity index (χ2n) is 6.27. The van der Waals surface area contributed by atoms with Crippen molar-refractivity contribution in [2.75, 3.05) is 25.0 Å². The van der Waals surface area contributed by atoms with Crippen molar-refractivity contribution in [1.82, 2.24) is 5.32 Å². The number of rotatable bonds is 6. The van der Waals surface area contributed by atoms with E-state index in [-0.39, 0.29) is 5.97 Å². The molecule has 1 heterocycles. The number of carbonyl (C=O) groups is 1. The molecule has 4 heteroatoms. The third kappa shape index (κ3) is 3.69. The summed E-state index contributed by atoms with van der Waals surface area (Å²) in [5.41, 5.74) is 4.65. The molecule has 1 atom stereocenters. The Balaban J connectivity index is 1.58. The van der Waals surface area contributed by atoms with Crippen LogP contribution in [0, 0.1) is 0 Å². The highest BCUT2D eigenvalue weighted by atomic mass is 16.5. The Morgan fingerprint density at radius 3 is 3.00 bits per heavy atom. The zero-order valence-electron chi connectivity index (χ0n) is 13.9. The van der Waals surface area contributed by atoms with Crippen LogP contribution in [0.2, 0.25) is 0 Å². The van der Waals surface area contributed by atoms with E-state index in [1.54, 1.807) is 0 Å². The van der Waals surface area contributed by atoms with Gasteiger partial charge in [0.25, 0.3) is 0 Å². The van der Waals surface area contributed by atoms with Crippen molar-refractivity contribution >= 4 is 11.7 Å². The molecular formula is C19H26N2O2. The Hall–Kier alpha value is -1.97. The van der Waals surface area contributed by atoms with Gasteiger partial charge in [0, 0.05) is 30.4 Å². The number of carbonyl (C=O) groups excluding carboxylic acids is 1. The molecule has 0 fully saturated rings. The Kier molecular flexibility index (Phi) is 5.21. The average Bonchev–Trinajstić information content (AvgIpc) is 2.99. The maximum atomic E-state index is 12.1. The predicted molar refractivity (Wildman–Crippen MR) is 92.4 cm³/mol. The van der Waals surface area contributed by atoms with E-state index in [1.165, 1.54) is 11.3 Å². The summed E-state index contributed by atoms with van der Waals surface area (Å²) in [5, 5.41) is 6.99. The minimum atomic E-state index is -0.137. The fraction of sp³-hybridized carbons (Fsp3) is 0.526. The molecule has 1 unspecified atom stereocenters. The standard InChI is InChI=1S/C19H26N2O2/c1-2-23-19(22)16-8-4-6-10-18(16)20-12-11-14-13-21-17-9-5-3-7-15(14)17/h3,5,7,9,14,20-21H,2,4,6,8,10-13H2,1H3. The second kappa shape index (κ2) is 7.53. The minimum Gasteiger partial charge on any atom is -0.463 e. The summed E-state index contributed by atoms with van der Waals surface area (Å²) in [6, 6.07) is 8.54. The molecule has 124 valence electrons. The van der Waals surface area contributed by atoms with E-state index in [2.05, 4.69) is 34.9 Å². The number of allylic oxidation sites excluding steroid dienone is 1. The monoisotopic (exact) mass is 314 g/mol. The van der Waals surface area contributed by atoms with Gasteiger partial charge >= 0.3 is 5.97 Å². The van der Waals surface area contributed by atoms with Gasteiger partial charge in [-0.3, -0.25) is 0 Å². The molecule has 23 heavy (non-hydrogen) atoms. The lowest BCUT2D eigenvalue weighted by atomic mass is 9.95. The highest BCUT2D eigenvalue weighted by Crippen LogP contribution is 2.33. The summed E-state index contributed by atoms with van der Waals surface area (Å²) < 4.78 is 5.19. The van der Waals surface area contributed by atoms with Gasteiger partial charge in [-0.15, -0.1) is 0 Å². The van der Waals surface area contributed by atoms with Crippen molar-refractivity contribution in [3.8, 4) is 0 Å². The molecule has 0 bridgehead atoms. The Labute approximate surface area is 138 Å². The Morgan fingerprint density at radius 1 is 1.30 bits per heavy atom. The van der Waals surface area contributed by atoms with E-state index in [0.29, 0.717) is 12.5 Å². The molecule has 1 aliphatic heterocycles. The van der Waals surface area contributed by atoms with Gasteiger partial charge in [-0.05, 0) is 50.7 Å². The molecular weight excluding hydrogens is 288 g/mol. The fourth-order valence-corrected chi connectivity index (χ4v) is 3.56. The molecule has 0 aromatic heterocycles. The number of fused-ring (bicyclic) bond motifs is 1. The quantitative estimate of drug-likeness (QED) is 0.788. The van der Waals surface area contributed by atoms with Crippen molar-refractivity contribution in [1.29, 1.82) is 0 Å². The first kappa shape index (κ1) is 15.9. The number of ether oxygens (including phenoxy) is 1. The molecule has 1 aromatic rings. The molecule has 1 aliphatic carbocycles. The van der Waals surface area contributed by atoms with Crippen molar-refractivity contribution in [2.45, 2.75) is 44.9 Å². The molecule has 2 aliphatic rings. The van der Waals surface area contributed by atoms with Crippen LogP contribution < -0.4 is 10.6 Å². The van der Waals surface area contributed by atoms with Crippen LogP contribution in [-0.2, 0) is 9.53 Å². The summed E-state index contributed by atoms with van der Waals surface area (Å²) in [4.78, 5) is 12.1. The molecule has 0 radical (unpaired) electrons. The van der Waals surface area contributed by atoms with Gasteiger partial charge in [0.2, 0.25) is 0 Å². The molecule has 0 saturated heterocycles. The molecule has 0 amide bonds. The first-order chi connectivity index (χ1) is 11.3. The lowest BCUT2D eigenvalue weighted by Gasteiger charge is -2.21. The summed E-state index contributed by atoms with van der Waals surface area (Å²) in [5.74, 6) is 0.413. The SMILES string of the molecule is CCOC(=O)C1=C(NCCC2CNc3ccccc32)CCCC1. The zero-order chi connectivity index (χ0) is 16.1. The van der Waals surface area contributed by atoms with E-state index < -0.39 is 0 Å². The van der Waals surface area contributed by atoms with E-state index in [1.807, 2.05) is 6.92 Å². The van der Waals surface area contributed by atoms with Gasteiger partial charge in [0.15, 0.2) is 0 Å². The average molecular weight is 314 g/mol. The second-order valence-corrected chi connectivity index (χ2v) is 6.27. The number of nitrogens with one attached hydrogen (secondary N) is 2. The smallest absolute Gasteiger partial charge is 0.335 e. The van der Waals surface area contributed by atoms with Crippen molar-refractivity contribution < 1.29 is 9.53 Å². The maximum absolute atomic E-state index is 12.1. The van der Waals surface area contributed by atoms with E-state index in [0.717, 1.165) is 56.5 Å². The van der Waals surface area contributed by atoms with Crippen LogP contribution in [0.1, 0.15) is 50.5 Å². The number of hydrogen-bond donors (Lipinski definition) is 2. The highest BCUT2D eigenvalue weighted by molar-refractivity contribution is 5.89. The fourth-order valence-electron chi connectivity index (χ4n) is 3.56. The minimum absolute atomic E-state index is 0.137. The molecule has 0 spiro atoms. The van der Waals surface area contributed by atoms with Crippen molar-refractivity contribution in [3.05, 3.63) is 41.1 Å². The van der Waals surface area contributed by atoms with Crippen LogP contribution >= 0.6 is 0 Å². The number of esters is 1. The van der Waals surface area contributed by atoms with Gasteiger partial charge in [-0.1, -0.05) is 18.2 Å². The van der Waals surface area contributed by atoms with Crippen LogP contribution in [0.3, 0.4) is 0 Å². The zero-order valence-corrected chi connectivity index (χ0v) is 13.9. The molecule has 4 nitrogen and oxygen atoms in total. The summed E-state index contributed by atoms with van der Waals surface area (Å²) in [6.45, 7) is 4.21. The summed E-state index contributed by atoms with van der Waals surface area (Å²) >= 11 is 0. The van der Waals surface area contributed by atoms with Gasteiger partial charge in [0.05, 0.1) is 12.2 Å². The van der Waals surface area contributed by atoms with Crippen LogP contribution in [0.4, 0.5) is 5.69 Å². The molecule has 1 aromatic carbocycles. The molecule has 0 saturated carbocycles. The number of benzene rings is 1. The number of para-hydroxylation sites is 1. The van der Waals surface area contributed by atoms with E-state index in [4.69, 9.17) is 4.74 Å². The Morgan fingerprint density at radius 2 is 2.13 bits per heavy atom. The predicted octanol–water partition coefficient (Wildman–Crippen LogP) is 3.57. The van der Waals surface area contributed by atoms with Crippen LogP contribution in [0.15, 0.2) is 35.5 Å². The maximum Gasteiger partial charge on any atom is 0.335 e. The summed E-state index contributed by atoms with van der Waals surface area (Å²) in [6.07, 6.45) is 5.12. The van der Waals surface area contributed by atoms with Gasteiger partial charge in [-0.2, -0.15) is 0 Å². The van der Waals surface area contributed by atoms with Crippen LogP contribution in [0.25, 0.3) is 0 Å². The summed E-state index contributed by atoms with van der Waals surface area (Å²) in [7, 11) is 0. The Bertz CT molecular complexity index is 595. The van der Waals surface area contributed by atoms with Gasteiger partial charge in [-0.25, -0.2) is 4.79 Å². The van der Waals surface area contributed by atoms with E-state index >= 15 is 0 Å². The first-order valence-electron chi connectivity index (χ1n) is 8.75. The van der Waals surface area contributed by atoms with Crippen molar-refractivity contribution in [2.24, 2.45) is 0 Å². The lowest BCUT2D eigenvalue weighted by Crippen LogP contribution is -2.24. The number of hydrogen-bond acceptors (Lipinski definition) is 4. The van der Waals surface area contributed by atoms with Gasteiger partial charge < -0.3 is 15.4 Å². The van der Waals surface area contributed by atoms with Crippen molar-refractivity contribution in [3.63, 3.8) is 0 Å². The normalized spacial score (nSPS) is 20.0.